The predicted octanol–water partition coefficient (Wildman–Crippen LogP) is 4.06. The number of nitro groups is 1. The number of nitrogens with zero attached hydrogens (tertiary/aromatic N) is 3. The van der Waals surface area contributed by atoms with E-state index in [2.05, 4.69) is 10.3 Å². The van der Waals surface area contributed by atoms with Gasteiger partial charge in [-0.05, 0) is 37.1 Å². The quantitative estimate of drug-likeness (QED) is 0.372. The molecule has 1 aliphatic heterocycles. The Kier molecular flexibility index (Phi) is 7.36. The summed E-state index contributed by atoms with van der Waals surface area (Å²) in [4.78, 5) is 40.3. The molecule has 1 saturated heterocycles. The number of esters is 1. The van der Waals surface area contributed by atoms with Crippen LogP contribution in [0.2, 0.25) is 5.02 Å². The number of nitro benzene ring substituents is 1. The van der Waals surface area contributed by atoms with Gasteiger partial charge in [-0.3, -0.25) is 19.7 Å². The fourth-order valence-corrected chi connectivity index (χ4v) is 3.45. The molecule has 1 N–H and O–H groups in total. The van der Waals surface area contributed by atoms with Crippen molar-refractivity contribution in [1.82, 2.24) is 4.98 Å². The van der Waals surface area contributed by atoms with Gasteiger partial charge in [-0.1, -0.05) is 11.6 Å². The highest BCUT2D eigenvalue weighted by Gasteiger charge is 2.32. The number of hydrogen-bond donors (Lipinski definition) is 1. The third-order valence-electron chi connectivity index (χ3n) is 5.00. The lowest BCUT2D eigenvalue weighted by Crippen LogP contribution is -2.38. The van der Waals surface area contributed by atoms with Crippen molar-refractivity contribution in [1.29, 1.82) is 0 Å². The van der Waals surface area contributed by atoms with Crippen molar-refractivity contribution >= 4 is 40.7 Å². The number of amides is 1. The van der Waals surface area contributed by atoms with Crippen LogP contribution in [0.3, 0.4) is 0 Å². The zero-order chi connectivity index (χ0) is 24.2. The van der Waals surface area contributed by atoms with Gasteiger partial charge in [0.1, 0.15) is 11.5 Å². The van der Waals surface area contributed by atoms with Gasteiger partial charge >= 0.3 is 12.1 Å². The van der Waals surface area contributed by atoms with Crippen LogP contribution >= 0.6 is 11.6 Å². The minimum absolute atomic E-state index is 0.0807. The molecule has 2 aromatic rings. The van der Waals surface area contributed by atoms with E-state index in [0.29, 0.717) is 31.7 Å². The summed E-state index contributed by atoms with van der Waals surface area (Å²) in [5.74, 6) is -1.47. The van der Waals surface area contributed by atoms with Crippen LogP contribution in [0.4, 0.5) is 30.4 Å². The Balaban J connectivity index is 1.48. The molecule has 0 aliphatic carbocycles. The SMILES string of the molecule is O=C(COC(=O)C1CCN(c2ccc(C(F)(F)F)cn2)CC1)Nc1ccc(Cl)cc1[N+](=O)[O-]. The van der Waals surface area contributed by atoms with Gasteiger partial charge in [0.25, 0.3) is 11.6 Å². The largest absolute Gasteiger partial charge is 0.455 e. The molecule has 1 amide bonds. The van der Waals surface area contributed by atoms with Gasteiger partial charge in [0, 0.05) is 30.4 Å². The number of carbonyl (C=O) groups excluding carboxylic acids is 2. The summed E-state index contributed by atoms with van der Waals surface area (Å²) >= 11 is 5.72. The Morgan fingerprint density at radius 3 is 2.52 bits per heavy atom. The molecule has 0 saturated carbocycles. The van der Waals surface area contributed by atoms with Gasteiger partial charge in [0.05, 0.1) is 16.4 Å². The molecule has 33 heavy (non-hydrogen) atoms. The average molecular weight is 487 g/mol. The van der Waals surface area contributed by atoms with Crippen molar-refractivity contribution in [3.05, 3.63) is 57.2 Å². The fourth-order valence-electron chi connectivity index (χ4n) is 3.29. The molecule has 13 heteroatoms. The van der Waals surface area contributed by atoms with Crippen molar-refractivity contribution < 1.29 is 32.4 Å². The van der Waals surface area contributed by atoms with Crippen LogP contribution in [0.25, 0.3) is 0 Å². The molecule has 0 unspecified atom stereocenters. The second-order valence-corrected chi connectivity index (χ2v) is 7.68. The number of rotatable bonds is 6. The zero-order valence-electron chi connectivity index (χ0n) is 17.0. The molecule has 3 rings (SSSR count). The third-order valence-corrected chi connectivity index (χ3v) is 5.24. The highest BCUT2D eigenvalue weighted by atomic mass is 35.5. The first-order valence-electron chi connectivity index (χ1n) is 9.73. The molecule has 0 bridgehead atoms. The van der Waals surface area contributed by atoms with E-state index in [9.17, 15) is 32.9 Å². The summed E-state index contributed by atoms with van der Waals surface area (Å²) in [6, 6.07) is 5.96. The number of pyridine rings is 1. The summed E-state index contributed by atoms with van der Waals surface area (Å²) in [6.45, 7) is 0.127. The Bertz CT molecular complexity index is 1040. The first-order chi connectivity index (χ1) is 15.5. The van der Waals surface area contributed by atoms with E-state index in [1.165, 1.54) is 18.2 Å². The molecular formula is C20H18ClF3N4O5. The maximum atomic E-state index is 12.7. The second kappa shape index (κ2) is 10.0. The number of halogens is 4. The summed E-state index contributed by atoms with van der Waals surface area (Å²) in [5, 5.41) is 13.5. The lowest BCUT2D eigenvalue weighted by molar-refractivity contribution is -0.383. The van der Waals surface area contributed by atoms with E-state index in [0.717, 1.165) is 18.3 Å². The molecule has 1 aromatic carbocycles. The Morgan fingerprint density at radius 2 is 1.94 bits per heavy atom. The average Bonchev–Trinajstić information content (AvgIpc) is 2.78. The lowest BCUT2D eigenvalue weighted by Gasteiger charge is -2.31. The van der Waals surface area contributed by atoms with E-state index in [1.807, 2.05) is 0 Å². The van der Waals surface area contributed by atoms with E-state index in [1.54, 1.807) is 4.90 Å². The number of carbonyl (C=O) groups is 2. The number of piperidine rings is 1. The van der Waals surface area contributed by atoms with Crippen LogP contribution < -0.4 is 10.2 Å². The van der Waals surface area contributed by atoms with Crippen LogP contribution in [0.1, 0.15) is 18.4 Å². The number of alkyl halides is 3. The maximum Gasteiger partial charge on any atom is 0.417 e. The first kappa shape index (κ1) is 24.2. The second-order valence-electron chi connectivity index (χ2n) is 7.24. The van der Waals surface area contributed by atoms with Crippen LogP contribution in [0.15, 0.2) is 36.5 Å². The number of anilines is 2. The fraction of sp³-hybridized carbons (Fsp3) is 0.350. The predicted molar refractivity (Wildman–Crippen MR) is 112 cm³/mol. The number of hydrogen-bond acceptors (Lipinski definition) is 7. The van der Waals surface area contributed by atoms with Gasteiger partial charge in [0.15, 0.2) is 6.61 Å². The van der Waals surface area contributed by atoms with Crippen molar-refractivity contribution in [2.75, 3.05) is 29.9 Å². The van der Waals surface area contributed by atoms with Crippen LogP contribution in [-0.4, -0.2) is 41.5 Å². The van der Waals surface area contributed by atoms with E-state index in [4.69, 9.17) is 16.3 Å². The minimum atomic E-state index is -4.47. The highest BCUT2D eigenvalue weighted by molar-refractivity contribution is 6.31. The molecule has 0 radical (unpaired) electrons. The zero-order valence-corrected chi connectivity index (χ0v) is 17.7. The minimum Gasteiger partial charge on any atom is -0.455 e. The molecule has 176 valence electrons. The van der Waals surface area contributed by atoms with E-state index >= 15 is 0 Å². The van der Waals surface area contributed by atoms with Crippen molar-refractivity contribution in [3.63, 3.8) is 0 Å². The van der Waals surface area contributed by atoms with E-state index < -0.39 is 46.8 Å². The number of ether oxygens (including phenoxy) is 1. The first-order valence-corrected chi connectivity index (χ1v) is 10.1. The standard InChI is InChI=1S/C20H18ClF3N4O5/c21-14-2-3-15(16(9-14)28(31)32)26-18(29)11-33-19(30)12-5-7-27(8-6-12)17-4-1-13(10-25-17)20(22,23)24/h1-4,9-10,12H,5-8,11H2,(H,26,29). The molecule has 0 spiro atoms. The lowest BCUT2D eigenvalue weighted by atomic mass is 9.97. The van der Waals surface area contributed by atoms with Gasteiger partial charge < -0.3 is 15.0 Å². The third kappa shape index (κ3) is 6.31. The smallest absolute Gasteiger partial charge is 0.417 e. The number of aromatic nitrogens is 1. The summed E-state index contributed by atoms with van der Waals surface area (Å²) < 4.78 is 43.0. The molecular weight excluding hydrogens is 469 g/mol. The van der Waals surface area contributed by atoms with Crippen molar-refractivity contribution in [2.24, 2.45) is 5.92 Å². The highest BCUT2D eigenvalue weighted by Crippen LogP contribution is 2.30. The monoisotopic (exact) mass is 486 g/mol. The normalized spacial score (nSPS) is 14.6. The van der Waals surface area contributed by atoms with Crippen LogP contribution in [-0.2, 0) is 20.5 Å². The molecule has 1 aliphatic rings. The van der Waals surface area contributed by atoms with Gasteiger partial charge in [-0.25, -0.2) is 4.98 Å². The van der Waals surface area contributed by atoms with Crippen molar-refractivity contribution in [3.8, 4) is 0 Å². The number of nitrogens with one attached hydrogen (secondary N) is 1. The maximum absolute atomic E-state index is 12.7. The van der Waals surface area contributed by atoms with Gasteiger partial charge in [0.2, 0.25) is 0 Å². The topological polar surface area (TPSA) is 115 Å². The van der Waals surface area contributed by atoms with Gasteiger partial charge in [-0.2, -0.15) is 13.2 Å². The van der Waals surface area contributed by atoms with Crippen molar-refractivity contribution in [2.45, 2.75) is 19.0 Å². The van der Waals surface area contributed by atoms with Gasteiger partial charge in [-0.15, -0.1) is 0 Å². The Hall–Kier alpha value is -3.41. The Labute approximate surface area is 190 Å². The van der Waals surface area contributed by atoms with Crippen LogP contribution in [0.5, 0.6) is 0 Å². The molecule has 2 heterocycles. The molecule has 0 atom stereocenters. The van der Waals surface area contributed by atoms with E-state index in [-0.39, 0.29) is 10.7 Å². The Morgan fingerprint density at radius 1 is 1.24 bits per heavy atom. The summed E-state index contributed by atoms with van der Waals surface area (Å²) in [5.41, 5.74) is -1.32. The molecule has 9 nitrogen and oxygen atoms in total. The molecule has 1 aromatic heterocycles. The van der Waals surface area contributed by atoms with Crippen LogP contribution in [0, 0.1) is 16.0 Å². The summed E-state index contributed by atoms with van der Waals surface area (Å²) in [6.07, 6.45) is -2.97. The summed E-state index contributed by atoms with van der Waals surface area (Å²) in [7, 11) is 0. The number of benzene rings is 1. The molecule has 1 fully saturated rings.